The van der Waals surface area contributed by atoms with Crippen LogP contribution in [0, 0.1) is 41.5 Å². The van der Waals surface area contributed by atoms with Crippen LogP contribution in [0.1, 0.15) is 78.3 Å². The predicted molar refractivity (Wildman–Crippen MR) is 131 cm³/mol. The number of anilines is 2. The maximum absolute atomic E-state index is 2.82. The summed E-state index contributed by atoms with van der Waals surface area (Å²) in [4.78, 5) is 5.52. The Labute approximate surface area is 184 Å². The number of aryl methyl sites for hydroxylation is 6. The van der Waals surface area contributed by atoms with E-state index >= 15 is 0 Å². The van der Waals surface area contributed by atoms with Gasteiger partial charge in [-0.05, 0) is 76.6 Å². The van der Waals surface area contributed by atoms with Gasteiger partial charge in [-0.15, -0.1) is 0 Å². The highest BCUT2D eigenvalue weighted by atomic mass is 15.4. The first-order valence-electron chi connectivity index (χ1n) is 12.0. The van der Waals surface area contributed by atoms with E-state index in [-0.39, 0.29) is 5.54 Å². The van der Waals surface area contributed by atoms with E-state index in [2.05, 4.69) is 75.6 Å². The number of hydrogen-bond donors (Lipinski definition) is 0. The van der Waals surface area contributed by atoms with Crippen molar-refractivity contribution in [3.63, 3.8) is 0 Å². The quantitative estimate of drug-likeness (QED) is 0.518. The van der Waals surface area contributed by atoms with Crippen molar-refractivity contribution < 1.29 is 0 Å². The molecule has 2 aromatic carbocycles. The van der Waals surface area contributed by atoms with E-state index in [1.54, 1.807) is 0 Å². The lowest BCUT2D eigenvalue weighted by Crippen LogP contribution is -2.47. The Morgan fingerprint density at radius 2 is 1.03 bits per heavy atom. The van der Waals surface area contributed by atoms with Crippen molar-refractivity contribution in [1.82, 2.24) is 0 Å². The second-order valence-electron chi connectivity index (χ2n) is 10.3. The van der Waals surface area contributed by atoms with Gasteiger partial charge < -0.3 is 9.80 Å². The van der Waals surface area contributed by atoms with Gasteiger partial charge in [-0.25, -0.2) is 0 Å². The monoisotopic (exact) mass is 404 g/mol. The van der Waals surface area contributed by atoms with Crippen molar-refractivity contribution >= 4 is 11.4 Å². The Balaban J connectivity index is 1.81. The molecule has 1 heterocycles. The summed E-state index contributed by atoms with van der Waals surface area (Å²) in [5, 5.41) is 0. The van der Waals surface area contributed by atoms with Crippen LogP contribution in [0.25, 0.3) is 0 Å². The van der Waals surface area contributed by atoms with Gasteiger partial charge in [0.1, 0.15) is 0 Å². The van der Waals surface area contributed by atoms with Crippen LogP contribution in [0.15, 0.2) is 24.3 Å². The zero-order valence-electron chi connectivity index (χ0n) is 20.1. The Morgan fingerprint density at radius 3 is 1.53 bits per heavy atom. The Bertz CT molecular complexity index is 872. The van der Waals surface area contributed by atoms with Crippen LogP contribution in [0.3, 0.4) is 0 Å². The largest absolute Gasteiger partial charge is 0.351 e. The van der Waals surface area contributed by atoms with Crippen LogP contribution in [0.2, 0.25) is 0 Å². The summed E-state index contributed by atoms with van der Waals surface area (Å²) in [6.45, 7) is 15.8. The average molecular weight is 405 g/mol. The van der Waals surface area contributed by atoms with Gasteiger partial charge in [0.2, 0.25) is 0 Å². The van der Waals surface area contributed by atoms with Crippen molar-refractivity contribution in [3.8, 4) is 0 Å². The van der Waals surface area contributed by atoms with Crippen LogP contribution in [0.4, 0.5) is 11.4 Å². The first kappa shape index (κ1) is 21.3. The van der Waals surface area contributed by atoms with Crippen molar-refractivity contribution in [2.24, 2.45) is 0 Å². The minimum absolute atomic E-state index is 0.259. The fourth-order valence-electron chi connectivity index (χ4n) is 6.53. The smallest absolute Gasteiger partial charge is 0.0910 e. The number of nitrogens with zero attached hydrogens (tertiary/aromatic N) is 2. The van der Waals surface area contributed by atoms with Crippen LogP contribution in [-0.2, 0) is 0 Å². The Hall–Kier alpha value is -1.96. The third-order valence-electron chi connectivity index (χ3n) is 7.51. The Kier molecular flexibility index (Phi) is 5.88. The highest BCUT2D eigenvalue weighted by Crippen LogP contribution is 2.44. The first-order valence-corrected chi connectivity index (χ1v) is 12.0. The molecule has 2 aromatic rings. The number of hydrogen-bond acceptors (Lipinski definition) is 2. The van der Waals surface area contributed by atoms with E-state index in [0.29, 0.717) is 0 Å². The van der Waals surface area contributed by atoms with Gasteiger partial charge >= 0.3 is 0 Å². The normalized spacial score (nSPS) is 19.3. The minimum Gasteiger partial charge on any atom is -0.351 e. The minimum atomic E-state index is 0.259. The first-order chi connectivity index (χ1) is 14.3. The van der Waals surface area contributed by atoms with Crippen LogP contribution < -0.4 is 9.80 Å². The molecule has 0 unspecified atom stereocenters. The molecule has 2 aliphatic rings. The molecule has 0 amide bonds. The third kappa shape index (κ3) is 3.86. The highest BCUT2D eigenvalue weighted by Gasteiger charge is 2.45. The SMILES string of the molecule is Cc1cc(C)c(N2CN(c3c(C)cc(C)cc3C)C3(CCCCCCC3)C2)c(C)c1. The van der Waals surface area contributed by atoms with E-state index in [4.69, 9.17) is 0 Å². The molecule has 1 saturated carbocycles. The lowest BCUT2D eigenvalue weighted by Gasteiger charge is -2.41. The molecule has 1 saturated heterocycles. The van der Waals surface area contributed by atoms with Crippen molar-refractivity contribution in [2.45, 2.75) is 92.0 Å². The van der Waals surface area contributed by atoms with Gasteiger partial charge in [0.15, 0.2) is 0 Å². The molecule has 30 heavy (non-hydrogen) atoms. The fourth-order valence-corrected chi connectivity index (χ4v) is 6.53. The summed E-state index contributed by atoms with van der Waals surface area (Å²) in [5.74, 6) is 0. The fraction of sp³-hybridized carbons (Fsp3) is 0.571. The Morgan fingerprint density at radius 1 is 0.600 bits per heavy atom. The topological polar surface area (TPSA) is 6.48 Å². The lowest BCUT2D eigenvalue weighted by atomic mass is 9.82. The summed E-state index contributed by atoms with van der Waals surface area (Å²) in [5.41, 5.74) is 11.7. The summed E-state index contributed by atoms with van der Waals surface area (Å²) >= 11 is 0. The van der Waals surface area contributed by atoms with Crippen LogP contribution in [0.5, 0.6) is 0 Å². The zero-order chi connectivity index (χ0) is 21.5. The number of rotatable bonds is 2. The molecule has 1 spiro atoms. The van der Waals surface area contributed by atoms with Crippen molar-refractivity contribution in [3.05, 3.63) is 57.6 Å². The summed E-state index contributed by atoms with van der Waals surface area (Å²) < 4.78 is 0. The molecule has 0 radical (unpaired) electrons. The molecule has 0 N–H and O–H groups in total. The summed E-state index contributed by atoms with van der Waals surface area (Å²) in [6.07, 6.45) is 9.56. The van der Waals surface area contributed by atoms with Gasteiger partial charge in [-0.3, -0.25) is 0 Å². The number of benzene rings is 2. The van der Waals surface area contributed by atoms with E-state index in [0.717, 1.165) is 13.2 Å². The molecular formula is C28H40N2. The van der Waals surface area contributed by atoms with Gasteiger partial charge in [0.25, 0.3) is 0 Å². The lowest BCUT2D eigenvalue weighted by molar-refractivity contribution is 0.335. The molecule has 2 fully saturated rings. The second kappa shape index (κ2) is 8.29. The van der Waals surface area contributed by atoms with Crippen LogP contribution in [-0.4, -0.2) is 18.8 Å². The van der Waals surface area contributed by atoms with E-state index in [9.17, 15) is 0 Å². The van der Waals surface area contributed by atoms with Crippen LogP contribution >= 0.6 is 0 Å². The van der Waals surface area contributed by atoms with Gasteiger partial charge in [0.05, 0.1) is 12.2 Å². The molecule has 4 rings (SSSR count). The highest BCUT2D eigenvalue weighted by molar-refractivity contribution is 5.68. The van der Waals surface area contributed by atoms with Crippen molar-refractivity contribution in [1.29, 1.82) is 0 Å². The second-order valence-corrected chi connectivity index (χ2v) is 10.3. The molecule has 162 valence electrons. The van der Waals surface area contributed by atoms with E-state index in [1.807, 2.05) is 0 Å². The van der Waals surface area contributed by atoms with Gasteiger partial charge in [-0.1, -0.05) is 67.5 Å². The maximum Gasteiger partial charge on any atom is 0.0910 e. The standard InChI is InChI=1S/C28H40N2/c1-20-14-22(3)26(23(4)15-20)29-18-28(12-10-8-7-9-11-13-28)30(19-29)27-24(5)16-21(2)17-25(27)6/h14-17H,7-13,18-19H2,1-6H3. The van der Waals surface area contributed by atoms with Gasteiger partial charge in [-0.2, -0.15) is 0 Å². The molecule has 2 nitrogen and oxygen atoms in total. The molecule has 2 heteroatoms. The molecule has 1 aliphatic heterocycles. The predicted octanol–water partition coefficient (Wildman–Crippen LogP) is 7.30. The molecule has 0 bridgehead atoms. The third-order valence-corrected chi connectivity index (χ3v) is 7.51. The molecular weight excluding hydrogens is 364 g/mol. The summed E-state index contributed by atoms with van der Waals surface area (Å²) in [7, 11) is 0. The van der Waals surface area contributed by atoms with Crippen molar-refractivity contribution in [2.75, 3.05) is 23.0 Å². The van der Waals surface area contributed by atoms with E-state index < -0.39 is 0 Å². The zero-order valence-corrected chi connectivity index (χ0v) is 20.1. The molecule has 0 aromatic heterocycles. The maximum atomic E-state index is 2.82. The van der Waals surface area contributed by atoms with Gasteiger partial charge in [0, 0.05) is 17.9 Å². The average Bonchev–Trinajstić information content (AvgIpc) is 2.96. The summed E-state index contributed by atoms with van der Waals surface area (Å²) in [6, 6.07) is 9.48. The molecule has 0 atom stereocenters. The molecule has 1 aliphatic carbocycles. The van der Waals surface area contributed by atoms with E-state index in [1.165, 1.54) is 89.7 Å².